The first-order valence-corrected chi connectivity index (χ1v) is 8.36. The van der Waals surface area contributed by atoms with Crippen molar-refractivity contribution in [2.24, 2.45) is 0 Å². The lowest BCUT2D eigenvalue weighted by molar-refractivity contribution is -0.133. The average molecular weight is 332 g/mol. The second-order valence-electron chi connectivity index (χ2n) is 6.30. The Morgan fingerprint density at radius 1 is 1.21 bits per heavy atom. The van der Waals surface area contributed by atoms with Crippen LogP contribution in [0.3, 0.4) is 0 Å². The van der Waals surface area contributed by atoms with E-state index in [9.17, 15) is 4.79 Å². The Morgan fingerprint density at radius 3 is 2.38 bits per heavy atom. The van der Waals surface area contributed by atoms with E-state index in [1.54, 1.807) is 14.2 Å². The summed E-state index contributed by atoms with van der Waals surface area (Å²) < 4.78 is 10.7. The van der Waals surface area contributed by atoms with E-state index >= 15 is 0 Å². The van der Waals surface area contributed by atoms with Crippen molar-refractivity contribution in [1.82, 2.24) is 9.80 Å². The fourth-order valence-corrected chi connectivity index (χ4v) is 3.05. The Hall–Kier alpha value is -2.01. The highest BCUT2D eigenvalue weighted by Crippen LogP contribution is 2.33. The van der Waals surface area contributed by atoms with Crippen LogP contribution in [0.1, 0.15) is 25.0 Å². The average Bonchev–Trinajstić information content (AvgIpc) is 2.58. The van der Waals surface area contributed by atoms with Crippen molar-refractivity contribution in [2.45, 2.75) is 26.8 Å². The maximum absolute atomic E-state index is 12.6. The minimum Gasteiger partial charge on any atom is -0.493 e. The fraction of sp³-hybridized carbons (Fsp3) is 0.526. The molecule has 0 spiro atoms. The van der Waals surface area contributed by atoms with Gasteiger partial charge in [0.15, 0.2) is 11.5 Å². The zero-order valence-electron chi connectivity index (χ0n) is 15.2. The van der Waals surface area contributed by atoms with E-state index in [2.05, 4.69) is 18.4 Å². The molecule has 1 aromatic rings. The van der Waals surface area contributed by atoms with Gasteiger partial charge in [-0.3, -0.25) is 9.69 Å². The molecule has 0 fully saturated rings. The molecule has 1 heterocycles. The van der Waals surface area contributed by atoms with Crippen molar-refractivity contribution in [3.05, 3.63) is 35.4 Å². The van der Waals surface area contributed by atoms with Crippen molar-refractivity contribution in [3.63, 3.8) is 0 Å². The summed E-state index contributed by atoms with van der Waals surface area (Å²) in [6, 6.07) is 4.01. The predicted octanol–water partition coefficient (Wildman–Crippen LogP) is 2.49. The first-order valence-electron chi connectivity index (χ1n) is 8.36. The summed E-state index contributed by atoms with van der Waals surface area (Å²) >= 11 is 0. The Balaban J connectivity index is 2.08. The summed E-state index contributed by atoms with van der Waals surface area (Å²) in [4.78, 5) is 16.7. The molecule has 5 nitrogen and oxygen atoms in total. The number of rotatable bonds is 7. The fourth-order valence-electron chi connectivity index (χ4n) is 3.05. The molecule has 0 aromatic heterocycles. The number of benzene rings is 1. The number of hydrogen-bond acceptors (Lipinski definition) is 4. The van der Waals surface area contributed by atoms with Gasteiger partial charge < -0.3 is 14.4 Å². The van der Waals surface area contributed by atoms with Gasteiger partial charge in [-0.1, -0.05) is 19.1 Å². The number of carbonyl (C=O) groups excluding carboxylic acids is 1. The number of hydrogen-bond donors (Lipinski definition) is 0. The first-order chi connectivity index (χ1) is 11.5. The molecule has 24 heavy (non-hydrogen) atoms. The zero-order chi connectivity index (χ0) is 17.7. The van der Waals surface area contributed by atoms with Crippen LogP contribution in [-0.2, 0) is 17.8 Å². The molecule has 5 heteroatoms. The molecule has 2 rings (SSSR count). The third-order valence-electron chi connectivity index (χ3n) is 4.37. The number of methoxy groups -OCH3 is 2. The summed E-state index contributed by atoms with van der Waals surface area (Å²) in [7, 11) is 3.27. The van der Waals surface area contributed by atoms with Crippen LogP contribution in [0, 0.1) is 0 Å². The van der Waals surface area contributed by atoms with Crippen molar-refractivity contribution in [3.8, 4) is 11.5 Å². The van der Waals surface area contributed by atoms with Crippen molar-refractivity contribution in [1.29, 1.82) is 0 Å². The maximum Gasteiger partial charge on any atom is 0.237 e. The molecule has 1 aromatic carbocycles. The summed E-state index contributed by atoms with van der Waals surface area (Å²) in [5.41, 5.74) is 3.44. The van der Waals surface area contributed by atoms with Gasteiger partial charge in [-0.15, -0.1) is 0 Å². The SMILES string of the molecule is C=C(C)CN(CC)CC(=O)N1CCc2cc(OC)c(OC)cc2C1. The third kappa shape index (κ3) is 4.29. The summed E-state index contributed by atoms with van der Waals surface area (Å²) in [5, 5.41) is 0. The van der Waals surface area contributed by atoms with Gasteiger partial charge in [0, 0.05) is 19.6 Å². The molecule has 132 valence electrons. The lowest BCUT2D eigenvalue weighted by Crippen LogP contribution is -2.43. The van der Waals surface area contributed by atoms with Gasteiger partial charge in [0.2, 0.25) is 5.91 Å². The van der Waals surface area contributed by atoms with Crippen molar-refractivity contribution >= 4 is 5.91 Å². The summed E-state index contributed by atoms with van der Waals surface area (Å²) in [5.74, 6) is 1.62. The number of carbonyl (C=O) groups is 1. The van der Waals surface area contributed by atoms with E-state index < -0.39 is 0 Å². The standard InChI is InChI=1S/C19H28N2O3/c1-6-20(11-14(2)3)13-19(22)21-8-7-15-9-17(23-4)18(24-5)10-16(15)12-21/h9-10H,2,6-8,11-13H2,1,3-5H3. The number of amides is 1. The molecule has 0 bridgehead atoms. The zero-order valence-corrected chi connectivity index (χ0v) is 15.2. The van der Waals surface area contributed by atoms with Crippen LogP contribution in [0.4, 0.5) is 0 Å². The Kier molecular flexibility index (Phi) is 6.26. The lowest BCUT2D eigenvalue weighted by atomic mass is 9.98. The van der Waals surface area contributed by atoms with E-state index in [0.717, 1.165) is 42.9 Å². The normalized spacial score (nSPS) is 13.6. The Morgan fingerprint density at radius 2 is 1.83 bits per heavy atom. The second-order valence-corrected chi connectivity index (χ2v) is 6.30. The van der Waals surface area contributed by atoms with Crippen molar-refractivity contribution in [2.75, 3.05) is 40.4 Å². The molecule has 1 aliphatic rings. The molecule has 0 radical (unpaired) electrons. The molecule has 0 N–H and O–H groups in total. The molecule has 1 aliphatic heterocycles. The largest absolute Gasteiger partial charge is 0.493 e. The number of nitrogens with zero attached hydrogens (tertiary/aromatic N) is 2. The highest BCUT2D eigenvalue weighted by Gasteiger charge is 2.23. The molecule has 0 saturated heterocycles. The van der Waals surface area contributed by atoms with Crippen LogP contribution < -0.4 is 9.47 Å². The predicted molar refractivity (Wildman–Crippen MR) is 95.6 cm³/mol. The second kappa shape index (κ2) is 8.20. The molecule has 0 saturated carbocycles. The minimum atomic E-state index is 0.165. The number of fused-ring (bicyclic) bond motifs is 1. The van der Waals surface area contributed by atoms with E-state index in [0.29, 0.717) is 18.8 Å². The quantitative estimate of drug-likeness (QED) is 0.720. The monoisotopic (exact) mass is 332 g/mol. The van der Waals surface area contributed by atoms with Crippen molar-refractivity contribution < 1.29 is 14.3 Å². The molecule has 0 unspecified atom stereocenters. The molecule has 0 atom stereocenters. The van der Waals surface area contributed by atoms with Gasteiger partial charge in [-0.2, -0.15) is 0 Å². The van der Waals surface area contributed by atoms with E-state index in [-0.39, 0.29) is 5.91 Å². The lowest BCUT2D eigenvalue weighted by Gasteiger charge is -2.31. The molecular formula is C19H28N2O3. The minimum absolute atomic E-state index is 0.165. The molecule has 1 amide bonds. The van der Waals surface area contributed by atoms with Crippen LogP contribution in [0.15, 0.2) is 24.3 Å². The van der Waals surface area contributed by atoms with Crippen LogP contribution >= 0.6 is 0 Å². The third-order valence-corrected chi connectivity index (χ3v) is 4.37. The Labute approximate surface area is 144 Å². The molecule has 0 aliphatic carbocycles. The number of likely N-dealkylation sites (N-methyl/N-ethyl adjacent to an activating group) is 1. The maximum atomic E-state index is 12.6. The van der Waals surface area contributed by atoms with Crippen LogP contribution in [-0.4, -0.2) is 56.1 Å². The number of ether oxygens (including phenoxy) is 2. The van der Waals surface area contributed by atoms with Gasteiger partial charge in [0.25, 0.3) is 0 Å². The highest BCUT2D eigenvalue weighted by atomic mass is 16.5. The first kappa shape index (κ1) is 18.3. The van der Waals surface area contributed by atoms with E-state index in [4.69, 9.17) is 9.47 Å². The van der Waals surface area contributed by atoms with Crippen LogP contribution in [0.2, 0.25) is 0 Å². The van der Waals surface area contributed by atoms with Gasteiger partial charge in [0.05, 0.1) is 20.8 Å². The van der Waals surface area contributed by atoms with Gasteiger partial charge in [-0.25, -0.2) is 0 Å². The van der Waals surface area contributed by atoms with E-state index in [1.807, 2.05) is 24.0 Å². The van der Waals surface area contributed by atoms with Crippen LogP contribution in [0.5, 0.6) is 11.5 Å². The van der Waals surface area contributed by atoms with Gasteiger partial charge >= 0.3 is 0 Å². The van der Waals surface area contributed by atoms with E-state index in [1.165, 1.54) is 5.56 Å². The highest BCUT2D eigenvalue weighted by molar-refractivity contribution is 5.78. The smallest absolute Gasteiger partial charge is 0.237 e. The topological polar surface area (TPSA) is 42.0 Å². The van der Waals surface area contributed by atoms with Gasteiger partial charge in [0.1, 0.15) is 0 Å². The van der Waals surface area contributed by atoms with Crippen LogP contribution in [0.25, 0.3) is 0 Å². The molecular weight excluding hydrogens is 304 g/mol. The Bertz CT molecular complexity index is 613. The summed E-state index contributed by atoms with van der Waals surface area (Å²) in [6.45, 7) is 11.4. The van der Waals surface area contributed by atoms with Gasteiger partial charge in [-0.05, 0) is 43.1 Å². The summed E-state index contributed by atoms with van der Waals surface area (Å²) in [6.07, 6.45) is 0.841.